The van der Waals surface area contributed by atoms with E-state index in [0.717, 1.165) is 18.8 Å². The van der Waals surface area contributed by atoms with E-state index in [4.69, 9.17) is 0 Å². The van der Waals surface area contributed by atoms with Gasteiger partial charge >= 0.3 is 0 Å². The summed E-state index contributed by atoms with van der Waals surface area (Å²) in [5.41, 5.74) is 0. The highest BCUT2D eigenvalue weighted by molar-refractivity contribution is 6.05. The number of amides is 1. The maximum atomic E-state index is 11.8. The molecule has 1 aliphatic heterocycles. The Morgan fingerprint density at radius 3 is 2.56 bits per heavy atom. The Bertz CT molecular complexity index is 316. The maximum Gasteiger partial charge on any atom is 0.251 e. The summed E-state index contributed by atoms with van der Waals surface area (Å²) in [5.74, 6) is 1.31. The van der Waals surface area contributed by atoms with Gasteiger partial charge in [-0.25, -0.2) is 4.99 Å². The zero-order valence-electron chi connectivity index (χ0n) is 9.54. The summed E-state index contributed by atoms with van der Waals surface area (Å²) in [5, 5.41) is 6.14. The Morgan fingerprint density at radius 2 is 1.88 bits per heavy atom. The van der Waals surface area contributed by atoms with Gasteiger partial charge < -0.3 is 5.32 Å². The third-order valence-electron chi connectivity index (χ3n) is 3.79. The Morgan fingerprint density at radius 1 is 1.12 bits per heavy atom. The van der Waals surface area contributed by atoms with Crippen molar-refractivity contribution in [2.24, 2.45) is 10.9 Å². The first-order valence-corrected chi connectivity index (χ1v) is 6.48. The lowest BCUT2D eigenvalue weighted by Gasteiger charge is -2.23. The first-order chi connectivity index (χ1) is 7.83. The summed E-state index contributed by atoms with van der Waals surface area (Å²) in [4.78, 5) is 16.3. The summed E-state index contributed by atoms with van der Waals surface area (Å²) in [6.07, 6.45) is 8.59. The standard InChI is InChI=1S/C12H19N3O/c16-11-10(8-4-2-1-3-5-8)14-12(15-11)13-9-6-7-9/h8-10H,1-7H2,(H2,13,14,15,16). The number of guanidine groups is 1. The molecular weight excluding hydrogens is 202 g/mol. The quantitative estimate of drug-likeness (QED) is 0.735. The molecule has 2 saturated carbocycles. The van der Waals surface area contributed by atoms with Crippen molar-refractivity contribution < 1.29 is 4.79 Å². The van der Waals surface area contributed by atoms with Crippen LogP contribution in [0.25, 0.3) is 0 Å². The number of rotatable bonds is 2. The van der Waals surface area contributed by atoms with E-state index in [2.05, 4.69) is 15.6 Å². The topological polar surface area (TPSA) is 53.5 Å². The minimum Gasteiger partial charge on any atom is -0.353 e. The number of carbonyl (C=O) groups is 1. The molecule has 1 atom stereocenters. The summed E-state index contributed by atoms with van der Waals surface area (Å²) in [6.45, 7) is 0. The summed E-state index contributed by atoms with van der Waals surface area (Å²) in [6, 6.07) is 0.450. The summed E-state index contributed by atoms with van der Waals surface area (Å²) < 4.78 is 0. The number of nitrogens with one attached hydrogen (secondary N) is 2. The van der Waals surface area contributed by atoms with Gasteiger partial charge in [-0.2, -0.15) is 0 Å². The lowest BCUT2D eigenvalue weighted by atomic mass is 9.84. The molecule has 0 aromatic heterocycles. The fourth-order valence-corrected chi connectivity index (χ4v) is 2.68. The number of hydrogen-bond donors (Lipinski definition) is 2. The van der Waals surface area contributed by atoms with Crippen LogP contribution in [0.3, 0.4) is 0 Å². The van der Waals surface area contributed by atoms with Crippen LogP contribution in [-0.2, 0) is 4.79 Å². The van der Waals surface area contributed by atoms with E-state index >= 15 is 0 Å². The number of carbonyl (C=O) groups excluding carboxylic acids is 1. The van der Waals surface area contributed by atoms with Gasteiger partial charge in [0.15, 0.2) is 5.96 Å². The number of nitrogens with zero attached hydrogens (tertiary/aromatic N) is 1. The van der Waals surface area contributed by atoms with Gasteiger partial charge in [-0.3, -0.25) is 10.1 Å². The van der Waals surface area contributed by atoms with Gasteiger partial charge in [0.2, 0.25) is 0 Å². The maximum absolute atomic E-state index is 11.8. The van der Waals surface area contributed by atoms with E-state index in [1.165, 1.54) is 32.1 Å². The second-order valence-electron chi connectivity index (χ2n) is 5.23. The number of hydrogen-bond acceptors (Lipinski definition) is 3. The predicted octanol–water partition coefficient (Wildman–Crippen LogP) is 1.17. The van der Waals surface area contributed by atoms with Crippen molar-refractivity contribution in [1.29, 1.82) is 0 Å². The molecule has 0 spiro atoms. The van der Waals surface area contributed by atoms with Crippen LogP contribution in [0.15, 0.2) is 4.99 Å². The summed E-state index contributed by atoms with van der Waals surface area (Å²) in [7, 11) is 0. The highest BCUT2D eigenvalue weighted by Gasteiger charge is 2.35. The average Bonchev–Trinajstić information content (AvgIpc) is 3.03. The molecule has 2 fully saturated rings. The monoisotopic (exact) mass is 221 g/mol. The molecule has 1 unspecified atom stereocenters. The van der Waals surface area contributed by atoms with Crippen LogP contribution in [0.5, 0.6) is 0 Å². The van der Waals surface area contributed by atoms with Gasteiger partial charge in [0, 0.05) is 6.04 Å². The molecule has 16 heavy (non-hydrogen) atoms. The van der Waals surface area contributed by atoms with Crippen molar-refractivity contribution in [1.82, 2.24) is 10.6 Å². The lowest BCUT2D eigenvalue weighted by Crippen LogP contribution is -2.39. The molecule has 0 bridgehead atoms. The third kappa shape index (κ3) is 2.06. The van der Waals surface area contributed by atoms with Crippen LogP contribution in [0.1, 0.15) is 44.9 Å². The predicted molar refractivity (Wildman–Crippen MR) is 62.1 cm³/mol. The SMILES string of the molecule is O=C1NC(NC2CC2)=NC1C1CCCCC1. The molecular formula is C12H19N3O. The Balaban J connectivity index is 1.64. The van der Waals surface area contributed by atoms with Gasteiger partial charge in [0.05, 0.1) is 0 Å². The third-order valence-corrected chi connectivity index (χ3v) is 3.79. The Kier molecular flexibility index (Phi) is 2.58. The Labute approximate surface area is 95.9 Å². The molecule has 3 aliphatic rings. The van der Waals surface area contributed by atoms with E-state index < -0.39 is 0 Å². The molecule has 2 N–H and O–H groups in total. The molecule has 0 saturated heterocycles. The van der Waals surface area contributed by atoms with Crippen LogP contribution >= 0.6 is 0 Å². The lowest BCUT2D eigenvalue weighted by molar-refractivity contribution is -0.121. The van der Waals surface area contributed by atoms with Crippen LogP contribution in [0, 0.1) is 5.92 Å². The van der Waals surface area contributed by atoms with Crippen molar-refractivity contribution in [2.45, 2.75) is 57.0 Å². The molecule has 88 valence electrons. The van der Waals surface area contributed by atoms with Crippen molar-refractivity contribution in [2.75, 3.05) is 0 Å². The molecule has 0 radical (unpaired) electrons. The van der Waals surface area contributed by atoms with Crippen LogP contribution in [0.4, 0.5) is 0 Å². The van der Waals surface area contributed by atoms with Gasteiger partial charge in [-0.05, 0) is 31.6 Å². The molecule has 3 rings (SSSR count). The van der Waals surface area contributed by atoms with Gasteiger partial charge in [-0.15, -0.1) is 0 Å². The van der Waals surface area contributed by atoms with E-state index in [-0.39, 0.29) is 11.9 Å². The normalized spacial score (nSPS) is 31.1. The first-order valence-electron chi connectivity index (χ1n) is 6.48. The van der Waals surface area contributed by atoms with Crippen LogP contribution in [-0.4, -0.2) is 24.0 Å². The molecule has 1 amide bonds. The highest BCUT2D eigenvalue weighted by atomic mass is 16.2. The molecule has 2 aliphatic carbocycles. The smallest absolute Gasteiger partial charge is 0.251 e. The second-order valence-corrected chi connectivity index (χ2v) is 5.23. The largest absolute Gasteiger partial charge is 0.353 e. The van der Waals surface area contributed by atoms with Gasteiger partial charge in [0.25, 0.3) is 5.91 Å². The van der Waals surface area contributed by atoms with Crippen LogP contribution in [0.2, 0.25) is 0 Å². The molecule has 1 heterocycles. The minimum atomic E-state index is -0.110. The zero-order chi connectivity index (χ0) is 11.0. The van der Waals surface area contributed by atoms with Crippen molar-refractivity contribution in [3.8, 4) is 0 Å². The van der Waals surface area contributed by atoms with Gasteiger partial charge in [-0.1, -0.05) is 19.3 Å². The van der Waals surface area contributed by atoms with Crippen LogP contribution < -0.4 is 10.6 Å². The van der Waals surface area contributed by atoms with Gasteiger partial charge in [0.1, 0.15) is 6.04 Å². The minimum absolute atomic E-state index is 0.107. The Hall–Kier alpha value is -1.06. The number of aliphatic imine (C=N–C) groups is 1. The average molecular weight is 221 g/mol. The molecule has 0 aromatic carbocycles. The first kappa shape index (κ1) is 10.1. The zero-order valence-corrected chi connectivity index (χ0v) is 9.54. The van der Waals surface area contributed by atoms with E-state index in [0.29, 0.717) is 12.0 Å². The fraction of sp³-hybridized carbons (Fsp3) is 0.833. The molecule has 0 aromatic rings. The van der Waals surface area contributed by atoms with Crippen molar-refractivity contribution in [3.05, 3.63) is 0 Å². The van der Waals surface area contributed by atoms with E-state index in [1.54, 1.807) is 0 Å². The molecule has 4 nitrogen and oxygen atoms in total. The fourth-order valence-electron chi connectivity index (χ4n) is 2.68. The highest BCUT2D eigenvalue weighted by Crippen LogP contribution is 2.29. The molecule has 4 heteroatoms. The van der Waals surface area contributed by atoms with E-state index in [1.807, 2.05) is 0 Å². The van der Waals surface area contributed by atoms with E-state index in [9.17, 15) is 4.79 Å². The summed E-state index contributed by atoms with van der Waals surface area (Å²) >= 11 is 0. The second kappa shape index (κ2) is 4.07. The van der Waals surface area contributed by atoms with Crippen molar-refractivity contribution >= 4 is 11.9 Å². The van der Waals surface area contributed by atoms with Crippen molar-refractivity contribution in [3.63, 3.8) is 0 Å².